The highest BCUT2D eigenvalue weighted by molar-refractivity contribution is 5.87. The van der Waals surface area contributed by atoms with Crippen LogP contribution in [0.2, 0.25) is 0 Å². The monoisotopic (exact) mass is 435 g/mol. The third-order valence-corrected chi connectivity index (χ3v) is 6.04. The zero-order chi connectivity index (χ0) is 23.4. The van der Waals surface area contributed by atoms with Gasteiger partial charge in [-0.25, -0.2) is 4.79 Å². The highest BCUT2D eigenvalue weighted by Gasteiger charge is 2.50. The van der Waals surface area contributed by atoms with Gasteiger partial charge < -0.3 is 24.2 Å². The van der Waals surface area contributed by atoms with Crippen LogP contribution in [0.3, 0.4) is 0 Å². The fourth-order valence-corrected chi connectivity index (χ4v) is 4.63. The lowest BCUT2D eigenvalue weighted by atomic mass is 9.76. The number of nitrogens with zero attached hydrogens (tertiary/aromatic N) is 1. The SMILES string of the molecule is CCCC1(C(=O)O)CCC(c2ccc(OC)c(OC)c2OC)CN1C(=O)CC(C)(C)C. The molecule has 0 saturated carbocycles. The molecule has 2 rings (SSSR count). The molecule has 31 heavy (non-hydrogen) atoms. The summed E-state index contributed by atoms with van der Waals surface area (Å²) in [5, 5.41) is 10.2. The van der Waals surface area contributed by atoms with Crippen LogP contribution in [0.1, 0.15) is 71.3 Å². The molecule has 7 nitrogen and oxygen atoms in total. The number of carboxylic acids is 1. The van der Waals surface area contributed by atoms with Crippen LogP contribution in [0.4, 0.5) is 0 Å². The molecule has 1 heterocycles. The first kappa shape index (κ1) is 24.8. The summed E-state index contributed by atoms with van der Waals surface area (Å²) >= 11 is 0. The number of piperidine rings is 1. The normalized spacial score (nSPS) is 21.5. The van der Waals surface area contributed by atoms with E-state index in [1.54, 1.807) is 26.2 Å². The van der Waals surface area contributed by atoms with Crippen molar-refractivity contribution in [2.75, 3.05) is 27.9 Å². The molecule has 2 atom stereocenters. The number of rotatable bonds is 8. The van der Waals surface area contributed by atoms with Crippen molar-refractivity contribution < 1.29 is 28.9 Å². The molecule has 1 saturated heterocycles. The summed E-state index contributed by atoms with van der Waals surface area (Å²) in [5.74, 6) is 0.516. The summed E-state index contributed by atoms with van der Waals surface area (Å²) in [6, 6.07) is 3.74. The van der Waals surface area contributed by atoms with Crippen LogP contribution < -0.4 is 14.2 Å². The number of hydrogen-bond donors (Lipinski definition) is 1. The number of carbonyl (C=O) groups excluding carboxylic acids is 1. The fourth-order valence-electron chi connectivity index (χ4n) is 4.63. The van der Waals surface area contributed by atoms with Crippen LogP contribution in [0.15, 0.2) is 12.1 Å². The smallest absolute Gasteiger partial charge is 0.329 e. The van der Waals surface area contributed by atoms with Crippen LogP contribution in [-0.4, -0.2) is 55.3 Å². The molecule has 1 fully saturated rings. The van der Waals surface area contributed by atoms with Gasteiger partial charge in [0.1, 0.15) is 5.54 Å². The third kappa shape index (κ3) is 5.08. The van der Waals surface area contributed by atoms with Crippen LogP contribution in [-0.2, 0) is 9.59 Å². The maximum absolute atomic E-state index is 13.4. The van der Waals surface area contributed by atoms with Crippen molar-refractivity contribution in [3.05, 3.63) is 17.7 Å². The molecule has 0 bridgehead atoms. The second-order valence-electron chi connectivity index (χ2n) is 9.49. The van der Waals surface area contributed by atoms with E-state index in [1.165, 1.54) is 0 Å². The molecule has 1 N–H and O–H groups in total. The van der Waals surface area contributed by atoms with Crippen molar-refractivity contribution in [3.63, 3.8) is 0 Å². The number of hydrogen-bond acceptors (Lipinski definition) is 5. The number of aliphatic carboxylic acids is 1. The summed E-state index contributed by atoms with van der Waals surface area (Å²) in [6.07, 6.45) is 2.46. The van der Waals surface area contributed by atoms with E-state index in [-0.39, 0.29) is 17.2 Å². The molecule has 0 aliphatic carbocycles. The lowest BCUT2D eigenvalue weighted by Crippen LogP contribution is -2.61. The van der Waals surface area contributed by atoms with Gasteiger partial charge in [0.05, 0.1) is 21.3 Å². The highest BCUT2D eigenvalue weighted by Crippen LogP contribution is 2.47. The molecule has 0 aromatic heterocycles. The third-order valence-electron chi connectivity index (χ3n) is 6.04. The fraction of sp³-hybridized carbons (Fsp3) is 0.667. The molecule has 0 radical (unpaired) electrons. The van der Waals surface area contributed by atoms with Crippen LogP contribution in [0, 0.1) is 5.41 Å². The molecule has 174 valence electrons. The van der Waals surface area contributed by atoms with E-state index < -0.39 is 11.5 Å². The molecular weight excluding hydrogens is 398 g/mol. The molecule has 0 spiro atoms. The maximum Gasteiger partial charge on any atom is 0.329 e. The molecule has 1 aromatic rings. The van der Waals surface area contributed by atoms with Gasteiger partial charge in [0.15, 0.2) is 11.5 Å². The highest BCUT2D eigenvalue weighted by atomic mass is 16.5. The van der Waals surface area contributed by atoms with Gasteiger partial charge in [0.25, 0.3) is 0 Å². The summed E-state index contributed by atoms with van der Waals surface area (Å²) < 4.78 is 16.6. The van der Waals surface area contributed by atoms with Gasteiger partial charge in [-0.1, -0.05) is 40.2 Å². The largest absolute Gasteiger partial charge is 0.493 e. The molecular formula is C24H37NO6. The Morgan fingerprint density at radius 3 is 2.26 bits per heavy atom. The average Bonchev–Trinajstić information content (AvgIpc) is 2.71. The molecule has 1 aromatic carbocycles. The number of amides is 1. The first-order valence-electron chi connectivity index (χ1n) is 10.9. The number of benzene rings is 1. The van der Waals surface area contributed by atoms with Crippen molar-refractivity contribution in [1.82, 2.24) is 4.90 Å². The van der Waals surface area contributed by atoms with Crippen LogP contribution in [0.25, 0.3) is 0 Å². The molecule has 1 aliphatic heterocycles. The predicted molar refractivity (Wildman–Crippen MR) is 119 cm³/mol. The second kappa shape index (κ2) is 9.79. The molecule has 2 unspecified atom stereocenters. The Balaban J connectivity index is 2.51. The second-order valence-corrected chi connectivity index (χ2v) is 9.49. The van der Waals surface area contributed by atoms with Gasteiger partial charge >= 0.3 is 5.97 Å². The minimum absolute atomic E-state index is 0.0667. The van der Waals surface area contributed by atoms with Crippen molar-refractivity contribution in [2.24, 2.45) is 5.41 Å². The summed E-state index contributed by atoms with van der Waals surface area (Å²) in [4.78, 5) is 27.4. The van der Waals surface area contributed by atoms with E-state index in [9.17, 15) is 14.7 Å². The van der Waals surface area contributed by atoms with E-state index >= 15 is 0 Å². The Labute approximate surface area is 185 Å². The standard InChI is InChI=1S/C24H37NO6/c1-8-12-24(22(27)28)13-11-16(15-25(24)19(26)14-23(2,3)4)17-9-10-18(29-5)21(31-7)20(17)30-6/h9-10,16H,8,11-15H2,1-7H3,(H,27,28). The van der Waals surface area contributed by atoms with Gasteiger partial charge in [0, 0.05) is 24.4 Å². The lowest BCUT2D eigenvalue weighted by Gasteiger charge is -2.48. The lowest BCUT2D eigenvalue weighted by molar-refractivity contribution is -0.164. The van der Waals surface area contributed by atoms with Gasteiger partial charge in [-0.2, -0.15) is 0 Å². The van der Waals surface area contributed by atoms with Crippen LogP contribution in [0.5, 0.6) is 17.2 Å². The summed E-state index contributed by atoms with van der Waals surface area (Å²) in [7, 11) is 4.70. The first-order valence-corrected chi connectivity index (χ1v) is 10.9. The zero-order valence-corrected chi connectivity index (χ0v) is 19.9. The quantitative estimate of drug-likeness (QED) is 0.648. The number of carbonyl (C=O) groups is 2. The van der Waals surface area contributed by atoms with Gasteiger partial charge in [-0.15, -0.1) is 0 Å². The van der Waals surface area contributed by atoms with Crippen molar-refractivity contribution in [2.45, 2.75) is 71.3 Å². The van der Waals surface area contributed by atoms with E-state index in [2.05, 4.69) is 0 Å². The number of methoxy groups -OCH3 is 3. The van der Waals surface area contributed by atoms with E-state index in [0.29, 0.717) is 55.9 Å². The van der Waals surface area contributed by atoms with E-state index in [4.69, 9.17) is 14.2 Å². The van der Waals surface area contributed by atoms with Gasteiger partial charge in [0.2, 0.25) is 11.7 Å². The van der Waals surface area contributed by atoms with Crippen molar-refractivity contribution in [3.8, 4) is 17.2 Å². The minimum Gasteiger partial charge on any atom is -0.493 e. The van der Waals surface area contributed by atoms with Crippen LogP contribution >= 0.6 is 0 Å². The molecule has 7 heteroatoms. The Bertz CT molecular complexity index is 800. The average molecular weight is 436 g/mol. The van der Waals surface area contributed by atoms with E-state index in [0.717, 1.165) is 5.56 Å². The summed E-state index contributed by atoms with van der Waals surface area (Å²) in [6.45, 7) is 8.26. The number of ether oxygens (including phenoxy) is 3. The van der Waals surface area contributed by atoms with Gasteiger partial charge in [-0.3, -0.25) is 4.79 Å². The minimum atomic E-state index is -1.17. The first-order chi connectivity index (χ1) is 14.5. The molecule has 1 aliphatic rings. The van der Waals surface area contributed by atoms with Crippen molar-refractivity contribution in [1.29, 1.82) is 0 Å². The maximum atomic E-state index is 13.4. The predicted octanol–water partition coefficient (Wildman–Crippen LogP) is 4.48. The number of likely N-dealkylation sites (tertiary alicyclic amines) is 1. The zero-order valence-electron chi connectivity index (χ0n) is 19.9. The number of carboxylic acid groups (broad SMARTS) is 1. The Morgan fingerprint density at radius 1 is 1.13 bits per heavy atom. The Kier molecular flexibility index (Phi) is 7.84. The Morgan fingerprint density at radius 2 is 1.77 bits per heavy atom. The summed E-state index contributed by atoms with van der Waals surface area (Å²) in [5.41, 5.74) is -0.511. The van der Waals surface area contributed by atoms with Gasteiger partial charge in [-0.05, 0) is 30.7 Å². The topological polar surface area (TPSA) is 85.3 Å². The Hall–Kier alpha value is -2.44. The molecule has 1 amide bonds. The van der Waals surface area contributed by atoms with E-state index in [1.807, 2.05) is 39.8 Å². The van der Waals surface area contributed by atoms with Crippen molar-refractivity contribution >= 4 is 11.9 Å².